The van der Waals surface area contributed by atoms with Gasteiger partial charge in [-0.25, -0.2) is 13.2 Å². The van der Waals surface area contributed by atoms with Crippen LogP contribution in [0.2, 0.25) is 5.02 Å². The molecule has 0 atom stereocenters. The Morgan fingerprint density at radius 3 is 2.36 bits per heavy atom. The standard InChI is InChI=1S/C16H11ClO4S/c1-10-2-5-13(6-3-10)22(19,20)15-9-11-8-12(17)4-7-14(11)21-16(15)18/h2-9H,1H3. The average molecular weight is 335 g/mol. The first-order valence-corrected chi connectivity index (χ1v) is 8.29. The van der Waals surface area contributed by atoms with Crippen LogP contribution in [-0.2, 0) is 9.84 Å². The first-order chi connectivity index (χ1) is 10.4. The minimum Gasteiger partial charge on any atom is -0.422 e. The van der Waals surface area contributed by atoms with E-state index in [2.05, 4.69) is 0 Å². The SMILES string of the molecule is Cc1ccc(S(=O)(=O)c2cc3cc(Cl)ccc3oc2=O)cc1. The highest BCUT2D eigenvalue weighted by atomic mass is 35.5. The van der Waals surface area contributed by atoms with Crippen LogP contribution in [0.3, 0.4) is 0 Å². The molecule has 1 heterocycles. The molecular formula is C16H11ClO4S. The topological polar surface area (TPSA) is 64.3 Å². The van der Waals surface area contributed by atoms with Crippen LogP contribution in [-0.4, -0.2) is 8.42 Å². The molecule has 2 aromatic carbocycles. The van der Waals surface area contributed by atoms with Crippen LogP contribution in [0.4, 0.5) is 0 Å². The summed E-state index contributed by atoms with van der Waals surface area (Å²) in [5, 5.41) is 0.887. The molecule has 0 radical (unpaired) electrons. The molecule has 0 amide bonds. The van der Waals surface area contributed by atoms with Gasteiger partial charge in [0, 0.05) is 10.4 Å². The summed E-state index contributed by atoms with van der Waals surface area (Å²) >= 11 is 5.89. The predicted molar refractivity (Wildman–Crippen MR) is 84.1 cm³/mol. The third-order valence-corrected chi connectivity index (χ3v) is 5.27. The molecule has 0 aliphatic carbocycles. The normalized spacial score (nSPS) is 11.7. The van der Waals surface area contributed by atoms with Gasteiger partial charge in [0.15, 0.2) is 4.90 Å². The fraction of sp³-hybridized carbons (Fsp3) is 0.0625. The van der Waals surface area contributed by atoms with Crippen LogP contribution in [0.1, 0.15) is 5.56 Å². The lowest BCUT2D eigenvalue weighted by Crippen LogP contribution is -2.14. The maximum atomic E-state index is 12.6. The van der Waals surface area contributed by atoms with Crippen LogP contribution in [0.25, 0.3) is 11.0 Å². The molecule has 0 unspecified atom stereocenters. The molecule has 1 aromatic heterocycles. The van der Waals surface area contributed by atoms with E-state index in [1.807, 2.05) is 6.92 Å². The van der Waals surface area contributed by atoms with Crippen LogP contribution < -0.4 is 5.63 Å². The second kappa shape index (κ2) is 5.26. The molecule has 112 valence electrons. The molecule has 3 aromatic rings. The van der Waals surface area contributed by atoms with Gasteiger partial charge in [0.25, 0.3) is 0 Å². The second-order valence-corrected chi connectivity index (χ2v) is 7.25. The zero-order valence-electron chi connectivity index (χ0n) is 11.5. The Bertz CT molecular complexity index is 1020. The zero-order valence-corrected chi connectivity index (χ0v) is 13.1. The van der Waals surface area contributed by atoms with E-state index in [4.69, 9.17) is 16.0 Å². The van der Waals surface area contributed by atoms with Crippen LogP contribution in [0, 0.1) is 6.92 Å². The summed E-state index contributed by atoms with van der Waals surface area (Å²) in [5.41, 5.74) is 0.323. The molecule has 0 saturated heterocycles. The maximum absolute atomic E-state index is 12.6. The summed E-state index contributed by atoms with van der Waals surface area (Å²) in [6, 6.07) is 12.2. The van der Waals surface area contributed by atoms with E-state index in [1.165, 1.54) is 24.3 Å². The smallest absolute Gasteiger partial charge is 0.355 e. The molecule has 0 aliphatic rings. The van der Waals surface area contributed by atoms with Crippen molar-refractivity contribution in [3.8, 4) is 0 Å². The molecule has 0 N–H and O–H groups in total. The number of sulfone groups is 1. The van der Waals surface area contributed by atoms with E-state index in [0.717, 1.165) is 5.56 Å². The van der Waals surface area contributed by atoms with E-state index < -0.39 is 20.4 Å². The molecule has 6 heteroatoms. The van der Waals surface area contributed by atoms with Crippen molar-refractivity contribution >= 4 is 32.4 Å². The zero-order chi connectivity index (χ0) is 15.9. The second-order valence-electron chi connectivity index (χ2n) is 4.90. The van der Waals surface area contributed by atoms with Crippen molar-refractivity contribution in [3.05, 3.63) is 69.5 Å². The van der Waals surface area contributed by atoms with Crippen molar-refractivity contribution in [2.45, 2.75) is 16.7 Å². The highest BCUT2D eigenvalue weighted by Crippen LogP contribution is 2.24. The minimum atomic E-state index is -3.94. The van der Waals surface area contributed by atoms with Crippen LogP contribution in [0.5, 0.6) is 0 Å². The quantitative estimate of drug-likeness (QED) is 0.672. The number of benzene rings is 2. The van der Waals surface area contributed by atoms with Crippen molar-refractivity contribution in [3.63, 3.8) is 0 Å². The average Bonchev–Trinajstić information content (AvgIpc) is 2.47. The van der Waals surface area contributed by atoms with Crippen LogP contribution in [0.15, 0.2) is 67.5 Å². The highest BCUT2D eigenvalue weighted by molar-refractivity contribution is 7.91. The van der Waals surface area contributed by atoms with Crippen molar-refractivity contribution in [1.82, 2.24) is 0 Å². The third-order valence-electron chi connectivity index (χ3n) is 3.28. The number of aryl methyl sites for hydroxylation is 1. The van der Waals surface area contributed by atoms with Crippen molar-refractivity contribution < 1.29 is 12.8 Å². The largest absolute Gasteiger partial charge is 0.422 e. The van der Waals surface area contributed by atoms with Gasteiger partial charge in [0.1, 0.15) is 5.58 Å². The summed E-state index contributed by atoms with van der Waals surface area (Å²) in [5.74, 6) is 0. The Morgan fingerprint density at radius 2 is 1.68 bits per heavy atom. The lowest BCUT2D eigenvalue weighted by molar-refractivity contribution is 0.532. The van der Waals surface area contributed by atoms with E-state index in [9.17, 15) is 13.2 Å². The Kier molecular flexibility index (Phi) is 3.54. The lowest BCUT2D eigenvalue weighted by Gasteiger charge is -2.05. The molecule has 0 saturated carbocycles. The third kappa shape index (κ3) is 2.53. The Balaban J connectivity index is 2.26. The number of rotatable bonds is 2. The fourth-order valence-electron chi connectivity index (χ4n) is 2.11. The molecule has 0 spiro atoms. The number of fused-ring (bicyclic) bond motifs is 1. The minimum absolute atomic E-state index is 0.0479. The van der Waals surface area contributed by atoms with Gasteiger partial charge < -0.3 is 4.42 Å². The molecule has 3 rings (SSSR count). The predicted octanol–water partition coefficient (Wildman–Crippen LogP) is 3.59. The van der Waals surface area contributed by atoms with Crippen molar-refractivity contribution in [2.75, 3.05) is 0 Å². The van der Waals surface area contributed by atoms with Gasteiger partial charge in [-0.1, -0.05) is 29.3 Å². The monoisotopic (exact) mass is 334 g/mol. The van der Waals surface area contributed by atoms with Gasteiger partial charge in [-0.3, -0.25) is 0 Å². The summed E-state index contributed by atoms with van der Waals surface area (Å²) in [6.07, 6.45) is 0. The van der Waals surface area contributed by atoms with Gasteiger partial charge in [-0.05, 0) is 43.3 Å². The fourth-order valence-corrected chi connectivity index (χ4v) is 3.58. The van der Waals surface area contributed by atoms with Gasteiger partial charge in [-0.15, -0.1) is 0 Å². The molecule has 0 aliphatic heterocycles. The first kappa shape index (κ1) is 14.8. The first-order valence-electron chi connectivity index (χ1n) is 6.43. The van der Waals surface area contributed by atoms with Crippen molar-refractivity contribution in [2.24, 2.45) is 0 Å². The Hall–Kier alpha value is -2.11. The summed E-state index contributed by atoms with van der Waals surface area (Å²) in [6.45, 7) is 1.85. The number of hydrogen-bond acceptors (Lipinski definition) is 4. The van der Waals surface area contributed by atoms with E-state index in [1.54, 1.807) is 24.3 Å². The molecule has 0 fully saturated rings. The van der Waals surface area contributed by atoms with Crippen molar-refractivity contribution in [1.29, 1.82) is 0 Å². The summed E-state index contributed by atoms with van der Waals surface area (Å²) in [7, 11) is -3.94. The Labute approximate surface area is 131 Å². The van der Waals surface area contributed by atoms with E-state index >= 15 is 0 Å². The summed E-state index contributed by atoms with van der Waals surface area (Å²) < 4.78 is 30.3. The maximum Gasteiger partial charge on any atom is 0.355 e. The van der Waals surface area contributed by atoms with Crippen LogP contribution >= 0.6 is 11.6 Å². The Morgan fingerprint density at radius 1 is 1.00 bits per heavy atom. The summed E-state index contributed by atoms with van der Waals surface area (Å²) in [4.78, 5) is 11.7. The highest BCUT2D eigenvalue weighted by Gasteiger charge is 2.23. The molecular weight excluding hydrogens is 324 g/mol. The van der Waals surface area contributed by atoms with Gasteiger partial charge in [0.05, 0.1) is 4.90 Å². The lowest BCUT2D eigenvalue weighted by atomic mass is 10.2. The van der Waals surface area contributed by atoms with E-state index in [0.29, 0.717) is 10.4 Å². The van der Waals surface area contributed by atoms with E-state index in [-0.39, 0.29) is 10.5 Å². The number of halogens is 1. The van der Waals surface area contributed by atoms with Gasteiger partial charge in [0.2, 0.25) is 9.84 Å². The number of hydrogen-bond donors (Lipinski definition) is 0. The molecule has 0 bridgehead atoms. The molecule has 4 nitrogen and oxygen atoms in total. The van der Waals surface area contributed by atoms with Gasteiger partial charge in [-0.2, -0.15) is 0 Å². The molecule has 22 heavy (non-hydrogen) atoms. The van der Waals surface area contributed by atoms with Gasteiger partial charge >= 0.3 is 5.63 Å².